The van der Waals surface area contributed by atoms with Crippen molar-refractivity contribution >= 4 is 24.0 Å². The van der Waals surface area contributed by atoms with Gasteiger partial charge in [-0.2, -0.15) is 0 Å². The topological polar surface area (TPSA) is 73.1 Å². The van der Waals surface area contributed by atoms with Crippen molar-refractivity contribution in [3.8, 4) is 28.1 Å². The van der Waals surface area contributed by atoms with E-state index in [9.17, 15) is 4.39 Å². The number of rotatable bonds is 6. The molecule has 0 aliphatic carbocycles. The van der Waals surface area contributed by atoms with Crippen LogP contribution in [0.5, 0.6) is 5.75 Å². The number of thiol groups is 1. The highest BCUT2D eigenvalue weighted by atomic mass is 32.1. The predicted molar refractivity (Wildman–Crippen MR) is 130 cm³/mol. The number of aryl methyl sites for hydroxylation is 1. The van der Waals surface area contributed by atoms with Crippen molar-refractivity contribution in [1.29, 1.82) is 0 Å². The fraction of sp³-hybridized carbons (Fsp3) is 0.120. The molecule has 2 aromatic heterocycles. The van der Waals surface area contributed by atoms with Gasteiger partial charge in [0.1, 0.15) is 11.6 Å². The summed E-state index contributed by atoms with van der Waals surface area (Å²) in [5.41, 5.74) is 12.2. The number of halogens is 1. The number of nitrogens with two attached hydrogens (primary N) is 1. The van der Waals surface area contributed by atoms with Gasteiger partial charge in [0.05, 0.1) is 43.1 Å². The number of ether oxygens (including phenoxy) is 1. The van der Waals surface area contributed by atoms with Crippen LogP contribution in [0.15, 0.2) is 71.9 Å². The summed E-state index contributed by atoms with van der Waals surface area (Å²) in [5, 5.41) is 3.36. The molecule has 0 saturated carbocycles. The minimum absolute atomic E-state index is 0.245. The number of anilines is 2. The van der Waals surface area contributed by atoms with Gasteiger partial charge < -0.3 is 15.8 Å². The molecule has 4 rings (SSSR count). The molecule has 0 radical (unpaired) electrons. The SMILES string of the molecule is COc1ccc(CNc2cnc(-c3ccc(F)c(C)c3)c(-c3ccc(N)c(S)c3)c2)nc1. The number of nitrogens with zero attached hydrogens (tertiary/aromatic N) is 2. The molecule has 5 nitrogen and oxygen atoms in total. The summed E-state index contributed by atoms with van der Waals surface area (Å²) >= 11 is 4.47. The molecule has 2 heterocycles. The van der Waals surface area contributed by atoms with Crippen LogP contribution in [0.4, 0.5) is 15.8 Å². The van der Waals surface area contributed by atoms with E-state index in [1.54, 1.807) is 38.6 Å². The summed E-state index contributed by atoms with van der Waals surface area (Å²) in [4.78, 5) is 9.77. The first-order valence-electron chi connectivity index (χ1n) is 10.0. The highest BCUT2D eigenvalue weighted by Gasteiger charge is 2.13. The van der Waals surface area contributed by atoms with Gasteiger partial charge in [0.25, 0.3) is 0 Å². The highest BCUT2D eigenvalue weighted by molar-refractivity contribution is 7.80. The maximum atomic E-state index is 13.8. The largest absolute Gasteiger partial charge is 0.495 e. The van der Waals surface area contributed by atoms with Gasteiger partial charge in [0.2, 0.25) is 0 Å². The van der Waals surface area contributed by atoms with Crippen molar-refractivity contribution in [2.75, 3.05) is 18.2 Å². The van der Waals surface area contributed by atoms with Crippen molar-refractivity contribution < 1.29 is 9.13 Å². The van der Waals surface area contributed by atoms with Crippen LogP contribution in [0.1, 0.15) is 11.3 Å². The fourth-order valence-electron chi connectivity index (χ4n) is 3.34. The maximum Gasteiger partial charge on any atom is 0.137 e. The second-order valence-electron chi connectivity index (χ2n) is 7.40. The minimum Gasteiger partial charge on any atom is -0.495 e. The van der Waals surface area contributed by atoms with Crippen molar-refractivity contribution in [2.24, 2.45) is 0 Å². The van der Waals surface area contributed by atoms with E-state index in [1.807, 2.05) is 36.4 Å². The van der Waals surface area contributed by atoms with Crippen LogP contribution >= 0.6 is 12.6 Å². The predicted octanol–water partition coefficient (Wildman–Crippen LogP) is 5.75. The molecule has 0 aliphatic rings. The maximum absolute atomic E-state index is 13.8. The molecule has 7 heteroatoms. The number of nitrogens with one attached hydrogen (secondary N) is 1. The normalized spacial score (nSPS) is 10.8. The minimum atomic E-state index is -0.245. The van der Waals surface area contributed by atoms with Gasteiger partial charge >= 0.3 is 0 Å². The summed E-state index contributed by atoms with van der Waals surface area (Å²) in [5.74, 6) is 0.466. The lowest BCUT2D eigenvalue weighted by molar-refractivity contribution is 0.412. The van der Waals surface area contributed by atoms with Gasteiger partial charge in [0, 0.05) is 21.7 Å². The Bertz CT molecular complexity index is 1260. The van der Waals surface area contributed by atoms with Gasteiger partial charge in [-0.25, -0.2) is 4.39 Å². The zero-order chi connectivity index (χ0) is 22.7. The Balaban J connectivity index is 1.71. The quantitative estimate of drug-likeness (QED) is 0.260. The number of pyridine rings is 2. The molecule has 0 saturated heterocycles. The third-order valence-corrected chi connectivity index (χ3v) is 5.55. The standard InChI is InChI=1S/C25H23FN4OS/c1-15-9-17(3-7-22(15)26)25-21(16-4-8-23(27)24(32)10-16)11-19(13-30-25)28-12-18-5-6-20(31-2)14-29-18/h3-11,13-14,28,32H,12,27H2,1-2H3. The third kappa shape index (κ3) is 4.68. The van der Waals surface area contributed by atoms with Gasteiger partial charge in [0.15, 0.2) is 0 Å². The lowest BCUT2D eigenvalue weighted by atomic mass is 9.97. The summed E-state index contributed by atoms with van der Waals surface area (Å²) in [7, 11) is 1.61. The molecular formula is C25H23FN4OS. The van der Waals surface area contributed by atoms with E-state index >= 15 is 0 Å². The molecule has 0 spiro atoms. The molecule has 0 aliphatic heterocycles. The molecular weight excluding hydrogens is 423 g/mol. The van der Waals surface area contributed by atoms with Crippen molar-refractivity contribution in [3.63, 3.8) is 0 Å². The number of methoxy groups -OCH3 is 1. The number of hydrogen-bond donors (Lipinski definition) is 3. The van der Waals surface area contributed by atoms with Crippen molar-refractivity contribution in [3.05, 3.63) is 84.1 Å². The monoisotopic (exact) mass is 446 g/mol. The smallest absolute Gasteiger partial charge is 0.137 e. The molecule has 162 valence electrons. The van der Waals surface area contributed by atoms with E-state index in [1.165, 1.54) is 6.07 Å². The van der Waals surface area contributed by atoms with Gasteiger partial charge in [-0.15, -0.1) is 12.6 Å². The van der Waals surface area contributed by atoms with E-state index in [-0.39, 0.29) is 5.82 Å². The molecule has 0 amide bonds. The Hall–Kier alpha value is -3.58. The van der Waals surface area contributed by atoms with Crippen LogP contribution in [-0.2, 0) is 6.54 Å². The van der Waals surface area contributed by atoms with E-state index in [2.05, 4.69) is 22.9 Å². The highest BCUT2D eigenvalue weighted by Crippen LogP contribution is 2.35. The number of hydrogen-bond acceptors (Lipinski definition) is 6. The molecule has 0 unspecified atom stereocenters. The Morgan fingerprint density at radius 1 is 1.00 bits per heavy atom. The Morgan fingerprint density at radius 2 is 1.81 bits per heavy atom. The Morgan fingerprint density at radius 3 is 2.50 bits per heavy atom. The van der Waals surface area contributed by atoms with E-state index in [0.717, 1.165) is 33.8 Å². The van der Waals surface area contributed by atoms with E-state index in [4.69, 9.17) is 15.5 Å². The second kappa shape index (κ2) is 9.28. The lowest BCUT2D eigenvalue weighted by Crippen LogP contribution is -2.03. The number of benzene rings is 2. The van der Waals surface area contributed by atoms with Gasteiger partial charge in [-0.3, -0.25) is 9.97 Å². The van der Waals surface area contributed by atoms with Crippen molar-refractivity contribution in [2.45, 2.75) is 18.4 Å². The lowest BCUT2D eigenvalue weighted by Gasteiger charge is -2.14. The van der Waals surface area contributed by atoms with E-state index < -0.39 is 0 Å². The van der Waals surface area contributed by atoms with Crippen LogP contribution < -0.4 is 15.8 Å². The zero-order valence-corrected chi connectivity index (χ0v) is 18.7. The van der Waals surface area contributed by atoms with Crippen molar-refractivity contribution in [1.82, 2.24) is 9.97 Å². The first kappa shape index (κ1) is 21.6. The van der Waals surface area contributed by atoms with Gasteiger partial charge in [-0.1, -0.05) is 6.07 Å². The Kier molecular flexibility index (Phi) is 6.28. The molecule has 4 aromatic rings. The number of nitrogen functional groups attached to an aromatic ring is 1. The second-order valence-corrected chi connectivity index (χ2v) is 7.88. The average Bonchev–Trinajstić information content (AvgIpc) is 2.81. The van der Waals surface area contributed by atoms with Gasteiger partial charge in [-0.05, 0) is 66.6 Å². The summed E-state index contributed by atoms with van der Waals surface area (Å²) in [6, 6.07) is 16.5. The first-order valence-corrected chi connectivity index (χ1v) is 10.5. The molecule has 0 fully saturated rings. The van der Waals surface area contributed by atoms with Crippen LogP contribution in [-0.4, -0.2) is 17.1 Å². The molecule has 32 heavy (non-hydrogen) atoms. The molecule has 3 N–H and O–H groups in total. The average molecular weight is 447 g/mol. The van der Waals surface area contributed by atoms with Crippen LogP contribution in [0.2, 0.25) is 0 Å². The summed E-state index contributed by atoms with van der Waals surface area (Å²) in [6.45, 7) is 2.27. The summed E-state index contributed by atoms with van der Waals surface area (Å²) in [6.07, 6.45) is 3.45. The number of aromatic nitrogens is 2. The van der Waals surface area contributed by atoms with Crippen LogP contribution in [0.25, 0.3) is 22.4 Å². The van der Waals surface area contributed by atoms with E-state index in [0.29, 0.717) is 28.4 Å². The van der Waals surface area contributed by atoms with Crippen LogP contribution in [0, 0.1) is 12.7 Å². The summed E-state index contributed by atoms with van der Waals surface area (Å²) < 4.78 is 19.0. The zero-order valence-electron chi connectivity index (χ0n) is 17.8. The van der Waals surface area contributed by atoms with Crippen LogP contribution in [0.3, 0.4) is 0 Å². The molecule has 0 bridgehead atoms. The molecule has 0 atom stereocenters. The fourth-order valence-corrected chi connectivity index (χ4v) is 3.56. The first-order chi connectivity index (χ1) is 15.4. The third-order valence-electron chi connectivity index (χ3n) is 5.17. The Labute approximate surface area is 191 Å². The molecule has 2 aromatic carbocycles.